The number of hydrogen-bond donors (Lipinski definition) is 0. The minimum Gasteiger partial charge on any atom is -0.299 e. The number of non-ortho nitro benzene ring substituents is 1. The lowest BCUT2D eigenvalue weighted by Gasteiger charge is -2.39. The summed E-state index contributed by atoms with van der Waals surface area (Å²) in [4.78, 5) is 13.0. The van der Waals surface area contributed by atoms with Crippen LogP contribution in [0.2, 0.25) is 5.02 Å². The van der Waals surface area contributed by atoms with Crippen LogP contribution in [0, 0.1) is 10.1 Å². The number of nitro benzene ring substituents is 1. The van der Waals surface area contributed by atoms with Crippen molar-refractivity contribution in [1.29, 1.82) is 0 Å². The minimum atomic E-state index is -0.370. The summed E-state index contributed by atoms with van der Waals surface area (Å²) >= 11 is 6.25. The van der Waals surface area contributed by atoms with Gasteiger partial charge in [-0.15, -0.1) is 0 Å². The molecule has 0 bridgehead atoms. The summed E-state index contributed by atoms with van der Waals surface area (Å²) in [7, 11) is 0. The largest absolute Gasteiger partial charge is 0.299 e. The van der Waals surface area contributed by atoms with E-state index in [0.717, 1.165) is 31.5 Å². The maximum Gasteiger partial charge on any atom is 0.269 e. The molecule has 1 saturated heterocycles. The molecule has 1 heterocycles. The van der Waals surface area contributed by atoms with Crippen molar-refractivity contribution in [3.63, 3.8) is 0 Å². The van der Waals surface area contributed by atoms with Gasteiger partial charge in [-0.1, -0.05) is 48.0 Å². The first-order valence-corrected chi connectivity index (χ1v) is 8.89. The van der Waals surface area contributed by atoms with Gasteiger partial charge >= 0.3 is 0 Å². The van der Waals surface area contributed by atoms with Crippen molar-refractivity contribution in [3.8, 4) is 0 Å². The summed E-state index contributed by atoms with van der Waals surface area (Å²) in [6.45, 7) is 2.57. The smallest absolute Gasteiger partial charge is 0.269 e. The Morgan fingerprint density at radius 1 is 1.16 bits per heavy atom. The Morgan fingerprint density at radius 2 is 1.92 bits per heavy atom. The van der Waals surface area contributed by atoms with E-state index in [-0.39, 0.29) is 16.0 Å². The predicted molar refractivity (Wildman–Crippen MR) is 99.8 cm³/mol. The molecule has 4 nitrogen and oxygen atoms in total. The Bertz CT molecular complexity index is 855. The van der Waals surface area contributed by atoms with Gasteiger partial charge < -0.3 is 0 Å². The maximum atomic E-state index is 11.0. The van der Waals surface area contributed by atoms with E-state index >= 15 is 0 Å². The normalized spacial score (nSPS) is 18.4. The fourth-order valence-electron chi connectivity index (χ4n) is 4.02. The summed E-state index contributed by atoms with van der Waals surface area (Å²) in [5.74, 6) is 0. The highest BCUT2D eigenvalue weighted by molar-refractivity contribution is 6.31. The molecule has 0 aromatic heterocycles. The predicted octanol–water partition coefficient (Wildman–Crippen LogP) is 4.81. The molecule has 0 atom stereocenters. The topological polar surface area (TPSA) is 46.4 Å². The van der Waals surface area contributed by atoms with Gasteiger partial charge in [-0.25, -0.2) is 0 Å². The molecule has 1 aliphatic heterocycles. The molecule has 1 aliphatic carbocycles. The van der Waals surface area contributed by atoms with Crippen molar-refractivity contribution in [3.05, 3.63) is 80.4 Å². The van der Waals surface area contributed by atoms with Crippen LogP contribution in [-0.2, 0) is 12.0 Å². The number of fused-ring (bicyclic) bond motifs is 2. The van der Waals surface area contributed by atoms with Crippen molar-refractivity contribution in [1.82, 2.24) is 4.90 Å². The zero-order chi connectivity index (χ0) is 17.4. The van der Waals surface area contributed by atoms with Gasteiger partial charge in [0.25, 0.3) is 5.69 Å². The molecule has 0 N–H and O–H groups in total. The SMILES string of the molecule is O=[N+]([O-])c1ccc(Cl)c(CN2CCC3(C=Cc4ccccc43)CC2)c1. The Labute approximate surface area is 151 Å². The van der Waals surface area contributed by atoms with E-state index < -0.39 is 0 Å². The van der Waals surface area contributed by atoms with Crippen LogP contribution in [-0.4, -0.2) is 22.9 Å². The zero-order valence-electron chi connectivity index (χ0n) is 13.8. The van der Waals surface area contributed by atoms with Crippen LogP contribution in [0.15, 0.2) is 48.5 Å². The zero-order valence-corrected chi connectivity index (χ0v) is 14.6. The second-order valence-corrected chi connectivity index (χ2v) is 7.29. The van der Waals surface area contributed by atoms with E-state index in [1.165, 1.54) is 17.2 Å². The van der Waals surface area contributed by atoms with E-state index in [0.29, 0.717) is 11.6 Å². The molecule has 25 heavy (non-hydrogen) atoms. The Kier molecular flexibility index (Phi) is 4.10. The van der Waals surface area contributed by atoms with Gasteiger partial charge in [-0.2, -0.15) is 0 Å². The quantitative estimate of drug-likeness (QED) is 0.587. The van der Waals surface area contributed by atoms with Crippen LogP contribution in [0.1, 0.15) is 29.5 Å². The molecule has 5 heteroatoms. The molecular formula is C20H19ClN2O2. The van der Waals surface area contributed by atoms with E-state index in [1.807, 2.05) is 0 Å². The summed E-state index contributed by atoms with van der Waals surface area (Å²) in [5.41, 5.74) is 3.84. The Hall–Kier alpha value is -2.17. The van der Waals surface area contributed by atoms with Crippen LogP contribution in [0.5, 0.6) is 0 Å². The van der Waals surface area contributed by atoms with Gasteiger partial charge in [-0.05, 0) is 48.7 Å². The second-order valence-electron chi connectivity index (χ2n) is 6.89. The number of likely N-dealkylation sites (tertiary alicyclic amines) is 1. The van der Waals surface area contributed by atoms with E-state index in [9.17, 15) is 10.1 Å². The fraction of sp³-hybridized carbons (Fsp3) is 0.300. The number of halogens is 1. The molecule has 2 aromatic rings. The highest BCUT2D eigenvalue weighted by Gasteiger charge is 2.37. The number of hydrogen-bond acceptors (Lipinski definition) is 3. The highest BCUT2D eigenvalue weighted by atomic mass is 35.5. The maximum absolute atomic E-state index is 11.0. The number of rotatable bonds is 3. The second kappa shape index (κ2) is 6.28. The average Bonchev–Trinajstić information content (AvgIpc) is 2.98. The number of benzene rings is 2. The first kappa shape index (κ1) is 16.3. The van der Waals surface area contributed by atoms with Crippen molar-refractivity contribution >= 4 is 23.4 Å². The van der Waals surface area contributed by atoms with Gasteiger partial charge in [0, 0.05) is 29.1 Å². The summed E-state index contributed by atoms with van der Waals surface area (Å²) < 4.78 is 0. The van der Waals surface area contributed by atoms with E-state index in [2.05, 4.69) is 41.3 Å². The van der Waals surface area contributed by atoms with Crippen LogP contribution in [0.25, 0.3) is 6.08 Å². The molecule has 0 amide bonds. The molecule has 2 aromatic carbocycles. The summed E-state index contributed by atoms with van der Waals surface area (Å²) in [6, 6.07) is 13.3. The van der Waals surface area contributed by atoms with Crippen molar-refractivity contribution in [2.75, 3.05) is 13.1 Å². The molecule has 4 rings (SSSR count). The van der Waals surface area contributed by atoms with Gasteiger partial charge in [0.1, 0.15) is 0 Å². The minimum absolute atomic E-state index is 0.0977. The highest BCUT2D eigenvalue weighted by Crippen LogP contribution is 2.43. The fourth-order valence-corrected chi connectivity index (χ4v) is 4.20. The van der Waals surface area contributed by atoms with Crippen LogP contribution in [0.3, 0.4) is 0 Å². The third-order valence-electron chi connectivity index (χ3n) is 5.46. The molecular weight excluding hydrogens is 336 g/mol. The Balaban J connectivity index is 1.48. The lowest BCUT2D eigenvalue weighted by molar-refractivity contribution is -0.384. The number of nitro groups is 1. The first-order chi connectivity index (χ1) is 12.1. The lowest BCUT2D eigenvalue weighted by atomic mass is 9.74. The van der Waals surface area contributed by atoms with Gasteiger partial charge in [0.15, 0.2) is 0 Å². The molecule has 2 aliphatic rings. The monoisotopic (exact) mass is 354 g/mol. The third kappa shape index (κ3) is 2.96. The van der Waals surface area contributed by atoms with E-state index in [4.69, 9.17) is 11.6 Å². The van der Waals surface area contributed by atoms with Crippen molar-refractivity contribution < 1.29 is 4.92 Å². The summed E-state index contributed by atoms with van der Waals surface area (Å²) in [5, 5.41) is 11.6. The first-order valence-electron chi connectivity index (χ1n) is 8.51. The molecule has 1 spiro atoms. The third-order valence-corrected chi connectivity index (χ3v) is 5.83. The molecule has 0 unspecified atom stereocenters. The molecule has 128 valence electrons. The van der Waals surface area contributed by atoms with Gasteiger partial charge in [0.05, 0.1) is 4.92 Å². The Morgan fingerprint density at radius 3 is 2.68 bits per heavy atom. The number of nitrogens with zero attached hydrogens (tertiary/aromatic N) is 2. The van der Waals surface area contributed by atoms with Crippen molar-refractivity contribution in [2.24, 2.45) is 0 Å². The van der Waals surface area contributed by atoms with Crippen LogP contribution in [0.4, 0.5) is 5.69 Å². The summed E-state index contributed by atoms with van der Waals surface area (Å²) in [6.07, 6.45) is 6.72. The number of piperidine rings is 1. The average molecular weight is 355 g/mol. The van der Waals surface area contributed by atoms with Gasteiger partial charge in [-0.3, -0.25) is 15.0 Å². The van der Waals surface area contributed by atoms with Crippen molar-refractivity contribution in [2.45, 2.75) is 24.8 Å². The van der Waals surface area contributed by atoms with Crippen LogP contribution < -0.4 is 0 Å². The van der Waals surface area contributed by atoms with Gasteiger partial charge in [0.2, 0.25) is 0 Å². The molecule has 1 fully saturated rings. The molecule has 0 saturated carbocycles. The van der Waals surface area contributed by atoms with E-state index in [1.54, 1.807) is 12.1 Å². The standard InChI is InChI=1S/C20H19ClN2O2/c21-19-6-5-17(23(24)25)13-16(19)14-22-11-9-20(10-12-22)8-7-15-3-1-2-4-18(15)20/h1-8,13H,9-12,14H2. The van der Waals surface area contributed by atoms with Crippen LogP contribution >= 0.6 is 11.6 Å². The number of allylic oxidation sites excluding steroid dienone is 1. The molecule has 0 radical (unpaired) electrons. The lowest BCUT2D eigenvalue weighted by Crippen LogP contribution is -2.40.